The minimum Gasteiger partial charge on any atom is -0.387 e. The second kappa shape index (κ2) is 7.38. The largest absolute Gasteiger partial charge is 0.387 e. The first-order chi connectivity index (χ1) is 10.8. The number of aromatic nitrogens is 1. The highest BCUT2D eigenvalue weighted by atomic mass is 16.3. The zero-order valence-corrected chi connectivity index (χ0v) is 12.7. The second-order valence-electron chi connectivity index (χ2n) is 5.94. The van der Waals surface area contributed by atoms with Crippen LogP contribution in [0.15, 0.2) is 54.7 Å². The topological polar surface area (TPSA) is 48.4 Å². The fraction of sp³-hybridized carbons (Fsp3) is 0.389. The lowest BCUT2D eigenvalue weighted by atomic mass is 10.1. The van der Waals surface area contributed by atoms with Crippen molar-refractivity contribution in [2.45, 2.75) is 12.5 Å². The van der Waals surface area contributed by atoms with Crippen LogP contribution in [-0.4, -0.2) is 41.2 Å². The van der Waals surface area contributed by atoms with Crippen molar-refractivity contribution in [2.24, 2.45) is 5.92 Å². The van der Waals surface area contributed by atoms with Crippen LogP contribution in [-0.2, 0) is 0 Å². The standard InChI is InChI=1S/C18H23N3O/c22-17(16-6-2-1-3-7-16)14-21-11-9-15(13-21)12-20-18-8-4-5-10-19-18/h1-8,10,15,17,22H,9,11-14H2,(H,19,20)/t15-,17-/m0/s1. The summed E-state index contributed by atoms with van der Waals surface area (Å²) in [6.07, 6.45) is 2.57. The summed E-state index contributed by atoms with van der Waals surface area (Å²) in [5.41, 5.74) is 0.998. The van der Waals surface area contributed by atoms with Crippen molar-refractivity contribution in [2.75, 3.05) is 31.5 Å². The Labute approximate surface area is 131 Å². The minimum absolute atomic E-state index is 0.399. The molecule has 2 heterocycles. The zero-order valence-electron chi connectivity index (χ0n) is 12.7. The van der Waals surface area contributed by atoms with Crippen LogP contribution < -0.4 is 5.32 Å². The lowest BCUT2D eigenvalue weighted by molar-refractivity contribution is 0.124. The molecular formula is C18H23N3O. The third-order valence-electron chi connectivity index (χ3n) is 4.22. The van der Waals surface area contributed by atoms with Crippen LogP contribution in [0.5, 0.6) is 0 Å². The normalized spacial score (nSPS) is 20.0. The van der Waals surface area contributed by atoms with Crippen LogP contribution in [0.1, 0.15) is 18.1 Å². The minimum atomic E-state index is -0.399. The van der Waals surface area contributed by atoms with Crippen LogP contribution in [0.4, 0.5) is 5.82 Å². The van der Waals surface area contributed by atoms with Crippen molar-refractivity contribution in [1.82, 2.24) is 9.88 Å². The number of rotatable bonds is 6. The summed E-state index contributed by atoms with van der Waals surface area (Å²) in [4.78, 5) is 6.63. The summed E-state index contributed by atoms with van der Waals surface area (Å²) in [5, 5.41) is 13.7. The number of β-amino-alcohol motifs (C(OH)–C–C–N with tert-alkyl or cyclic N) is 1. The molecule has 0 unspecified atom stereocenters. The lowest BCUT2D eigenvalue weighted by Gasteiger charge is -2.20. The van der Waals surface area contributed by atoms with E-state index in [4.69, 9.17) is 0 Å². The van der Waals surface area contributed by atoms with E-state index in [1.165, 1.54) is 6.42 Å². The summed E-state index contributed by atoms with van der Waals surface area (Å²) < 4.78 is 0. The van der Waals surface area contributed by atoms with Crippen LogP contribution >= 0.6 is 0 Å². The van der Waals surface area contributed by atoms with Crippen molar-refractivity contribution < 1.29 is 5.11 Å². The van der Waals surface area contributed by atoms with Gasteiger partial charge in [-0.15, -0.1) is 0 Å². The molecule has 1 aliphatic rings. The van der Waals surface area contributed by atoms with E-state index in [-0.39, 0.29) is 0 Å². The number of nitrogens with one attached hydrogen (secondary N) is 1. The molecular weight excluding hydrogens is 274 g/mol. The molecule has 0 radical (unpaired) electrons. The van der Waals surface area contributed by atoms with Crippen LogP contribution in [0.2, 0.25) is 0 Å². The third kappa shape index (κ3) is 4.06. The number of hydrogen-bond acceptors (Lipinski definition) is 4. The number of anilines is 1. The maximum absolute atomic E-state index is 10.3. The Balaban J connectivity index is 1.44. The maximum atomic E-state index is 10.3. The fourth-order valence-electron chi connectivity index (χ4n) is 2.99. The number of likely N-dealkylation sites (tertiary alicyclic amines) is 1. The molecule has 22 heavy (non-hydrogen) atoms. The quantitative estimate of drug-likeness (QED) is 0.860. The van der Waals surface area contributed by atoms with Gasteiger partial charge in [-0.1, -0.05) is 36.4 Å². The fourth-order valence-corrected chi connectivity index (χ4v) is 2.99. The average Bonchev–Trinajstić information content (AvgIpc) is 3.02. The molecule has 0 spiro atoms. The van der Waals surface area contributed by atoms with E-state index in [9.17, 15) is 5.11 Å². The Bertz CT molecular complexity index is 561. The molecule has 2 aromatic rings. The van der Waals surface area contributed by atoms with Gasteiger partial charge in [0.2, 0.25) is 0 Å². The molecule has 3 rings (SSSR count). The Morgan fingerprint density at radius 2 is 2.00 bits per heavy atom. The Kier molecular flexibility index (Phi) is 5.03. The van der Waals surface area contributed by atoms with Crippen molar-refractivity contribution in [1.29, 1.82) is 0 Å². The van der Waals surface area contributed by atoms with E-state index in [1.807, 2.05) is 48.5 Å². The molecule has 1 aliphatic heterocycles. The van der Waals surface area contributed by atoms with Gasteiger partial charge >= 0.3 is 0 Å². The summed E-state index contributed by atoms with van der Waals surface area (Å²) in [7, 11) is 0. The number of nitrogens with zero attached hydrogens (tertiary/aromatic N) is 2. The van der Waals surface area contributed by atoms with E-state index in [0.29, 0.717) is 12.5 Å². The van der Waals surface area contributed by atoms with Crippen molar-refractivity contribution in [3.8, 4) is 0 Å². The molecule has 1 saturated heterocycles. The van der Waals surface area contributed by atoms with E-state index >= 15 is 0 Å². The molecule has 1 fully saturated rings. The molecule has 4 nitrogen and oxygen atoms in total. The summed E-state index contributed by atoms with van der Waals surface area (Å²) in [6, 6.07) is 15.8. The third-order valence-corrected chi connectivity index (χ3v) is 4.22. The molecule has 116 valence electrons. The van der Waals surface area contributed by atoms with Gasteiger partial charge in [-0.05, 0) is 36.6 Å². The Morgan fingerprint density at radius 3 is 2.77 bits per heavy atom. The van der Waals surface area contributed by atoms with Crippen LogP contribution in [0.25, 0.3) is 0 Å². The Hall–Kier alpha value is -1.91. The lowest BCUT2D eigenvalue weighted by Crippen LogP contribution is -2.27. The van der Waals surface area contributed by atoms with Crippen molar-refractivity contribution in [3.63, 3.8) is 0 Å². The molecule has 0 aliphatic carbocycles. The summed E-state index contributed by atoms with van der Waals surface area (Å²) >= 11 is 0. The van der Waals surface area contributed by atoms with E-state index < -0.39 is 6.10 Å². The van der Waals surface area contributed by atoms with Gasteiger partial charge in [0.05, 0.1) is 6.10 Å². The first-order valence-corrected chi connectivity index (χ1v) is 7.91. The van der Waals surface area contributed by atoms with Gasteiger partial charge in [-0.2, -0.15) is 0 Å². The molecule has 4 heteroatoms. The van der Waals surface area contributed by atoms with Crippen molar-refractivity contribution in [3.05, 3.63) is 60.3 Å². The highest BCUT2D eigenvalue weighted by Crippen LogP contribution is 2.21. The summed E-state index contributed by atoms with van der Waals surface area (Å²) in [5.74, 6) is 1.55. The average molecular weight is 297 g/mol. The van der Waals surface area contributed by atoms with Gasteiger partial charge in [0.25, 0.3) is 0 Å². The first-order valence-electron chi connectivity index (χ1n) is 7.91. The van der Waals surface area contributed by atoms with E-state index in [2.05, 4.69) is 15.2 Å². The molecule has 0 amide bonds. The zero-order chi connectivity index (χ0) is 15.2. The van der Waals surface area contributed by atoms with E-state index in [0.717, 1.165) is 31.0 Å². The van der Waals surface area contributed by atoms with Gasteiger partial charge in [-0.25, -0.2) is 4.98 Å². The summed E-state index contributed by atoms with van der Waals surface area (Å²) in [6.45, 7) is 3.74. The molecule has 0 bridgehead atoms. The maximum Gasteiger partial charge on any atom is 0.125 e. The number of aliphatic hydroxyl groups is 1. The molecule has 0 saturated carbocycles. The first kappa shape index (κ1) is 15.0. The number of pyridine rings is 1. The van der Waals surface area contributed by atoms with Crippen LogP contribution in [0.3, 0.4) is 0 Å². The van der Waals surface area contributed by atoms with Crippen molar-refractivity contribution >= 4 is 5.82 Å². The highest BCUT2D eigenvalue weighted by molar-refractivity contribution is 5.33. The molecule has 1 aromatic heterocycles. The SMILES string of the molecule is O[C@@H](CN1CC[C@@H](CNc2ccccn2)C1)c1ccccc1. The monoisotopic (exact) mass is 297 g/mol. The van der Waals surface area contributed by atoms with Crippen LogP contribution in [0, 0.1) is 5.92 Å². The number of benzene rings is 1. The van der Waals surface area contributed by atoms with Gasteiger partial charge in [0, 0.05) is 25.8 Å². The van der Waals surface area contributed by atoms with Gasteiger partial charge < -0.3 is 15.3 Å². The molecule has 1 aromatic carbocycles. The van der Waals surface area contributed by atoms with E-state index in [1.54, 1.807) is 6.20 Å². The molecule has 2 atom stereocenters. The Morgan fingerprint density at radius 1 is 1.18 bits per heavy atom. The van der Waals surface area contributed by atoms with Gasteiger partial charge in [0.15, 0.2) is 0 Å². The predicted octanol–water partition coefficient (Wildman–Crippen LogP) is 2.55. The second-order valence-corrected chi connectivity index (χ2v) is 5.94. The number of hydrogen-bond donors (Lipinski definition) is 2. The molecule has 2 N–H and O–H groups in total. The predicted molar refractivity (Wildman–Crippen MR) is 88.7 cm³/mol. The highest BCUT2D eigenvalue weighted by Gasteiger charge is 2.24. The van der Waals surface area contributed by atoms with Gasteiger partial charge in [-0.3, -0.25) is 0 Å². The van der Waals surface area contributed by atoms with Gasteiger partial charge in [0.1, 0.15) is 5.82 Å². The smallest absolute Gasteiger partial charge is 0.125 e. The number of aliphatic hydroxyl groups excluding tert-OH is 1.